The monoisotopic (exact) mass is 267 g/mol. The third-order valence-corrected chi connectivity index (χ3v) is 4.57. The molecule has 1 aliphatic carbocycles. The van der Waals surface area contributed by atoms with Crippen LogP contribution in [0, 0.1) is 12.8 Å². The molecule has 4 heteroatoms. The number of aliphatic hydroxyl groups excluding tert-OH is 1. The van der Waals surface area contributed by atoms with Gasteiger partial charge >= 0.3 is 0 Å². The van der Waals surface area contributed by atoms with Crippen molar-refractivity contribution in [3.05, 3.63) is 21.9 Å². The van der Waals surface area contributed by atoms with Crippen LogP contribution in [0.3, 0.4) is 0 Å². The van der Waals surface area contributed by atoms with Crippen molar-refractivity contribution in [2.45, 2.75) is 45.1 Å². The van der Waals surface area contributed by atoms with E-state index in [0.717, 1.165) is 19.3 Å². The van der Waals surface area contributed by atoms with Crippen LogP contribution >= 0.6 is 11.3 Å². The van der Waals surface area contributed by atoms with Crippen LogP contribution in [0.2, 0.25) is 0 Å². The van der Waals surface area contributed by atoms with Gasteiger partial charge in [-0.15, -0.1) is 11.3 Å². The maximum Gasteiger partial charge on any atom is 0.223 e. The summed E-state index contributed by atoms with van der Waals surface area (Å²) < 4.78 is 0. The molecule has 1 heterocycles. The minimum Gasteiger partial charge on any atom is -0.396 e. The molecule has 0 bridgehead atoms. The number of thiophene rings is 1. The lowest BCUT2D eigenvalue weighted by atomic mass is 10.1. The van der Waals surface area contributed by atoms with E-state index in [1.807, 2.05) is 6.92 Å². The van der Waals surface area contributed by atoms with E-state index >= 15 is 0 Å². The highest BCUT2D eigenvalue weighted by molar-refractivity contribution is 7.12. The van der Waals surface area contributed by atoms with Crippen LogP contribution in [0.1, 0.15) is 41.9 Å². The Kier molecular flexibility index (Phi) is 4.40. The van der Waals surface area contributed by atoms with Crippen LogP contribution in [0.5, 0.6) is 0 Å². The van der Waals surface area contributed by atoms with Crippen LogP contribution in [0.4, 0.5) is 0 Å². The van der Waals surface area contributed by atoms with E-state index in [0.29, 0.717) is 5.92 Å². The third-order valence-electron chi connectivity index (χ3n) is 3.44. The van der Waals surface area contributed by atoms with Gasteiger partial charge in [-0.3, -0.25) is 4.79 Å². The molecule has 1 amide bonds. The van der Waals surface area contributed by atoms with Gasteiger partial charge in [0.2, 0.25) is 5.91 Å². The summed E-state index contributed by atoms with van der Waals surface area (Å²) in [5, 5.41) is 11.8. The Morgan fingerprint density at radius 1 is 1.61 bits per heavy atom. The van der Waals surface area contributed by atoms with Gasteiger partial charge in [0.25, 0.3) is 0 Å². The van der Waals surface area contributed by atoms with Gasteiger partial charge in [-0.05, 0) is 45.2 Å². The number of aryl methyl sites for hydroxylation is 1. The Hall–Kier alpha value is -0.870. The first-order chi connectivity index (χ1) is 8.61. The second kappa shape index (κ2) is 5.85. The average molecular weight is 267 g/mol. The van der Waals surface area contributed by atoms with Crippen molar-refractivity contribution in [3.8, 4) is 0 Å². The number of nitrogens with one attached hydrogen (secondary N) is 1. The lowest BCUT2D eigenvalue weighted by Gasteiger charge is -2.12. The first-order valence-corrected chi connectivity index (χ1v) is 7.41. The molecule has 1 saturated carbocycles. The highest BCUT2D eigenvalue weighted by atomic mass is 32.1. The summed E-state index contributed by atoms with van der Waals surface area (Å²) in [6.45, 7) is 4.30. The van der Waals surface area contributed by atoms with Crippen molar-refractivity contribution >= 4 is 17.2 Å². The van der Waals surface area contributed by atoms with Gasteiger partial charge in [-0.1, -0.05) is 0 Å². The zero-order valence-electron chi connectivity index (χ0n) is 11.0. The SMILES string of the molecule is Cc1ccc(C2CC2C(=O)NC(C)CCCO)s1. The molecule has 100 valence electrons. The Balaban J connectivity index is 1.79. The molecule has 2 N–H and O–H groups in total. The summed E-state index contributed by atoms with van der Waals surface area (Å²) in [4.78, 5) is 14.7. The van der Waals surface area contributed by atoms with Gasteiger partial charge in [0.15, 0.2) is 0 Å². The molecule has 0 spiro atoms. The first-order valence-electron chi connectivity index (χ1n) is 6.59. The van der Waals surface area contributed by atoms with E-state index in [1.54, 1.807) is 11.3 Å². The number of aliphatic hydroxyl groups is 1. The van der Waals surface area contributed by atoms with Crippen molar-refractivity contribution in [2.24, 2.45) is 5.92 Å². The van der Waals surface area contributed by atoms with Gasteiger partial charge in [0.1, 0.15) is 0 Å². The summed E-state index contributed by atoms with van der Waals surface area (Å²) in [7, 11) is 0. The van der Waals surface area contributed by atoms with Gasteiger partial charge in [0, 0.05) is 34.2 Å². The number of amides is 1. The third kappa shape index (κ3) is 3.33. The molecule has 0 radical (unpaired) electrons. The fraction of sp³-hybridized carbons (Fsp3) is 0.643. The number of rotatable bonds is 6. The zero-order valence-corrected chi connectivity index (χ0v) is 11.8. The molecule has 2 rings (SSSR count). The molecule has 0 aliphatic heterocycles. The average Bonchev–Trinajstić information content (AvgIpc) is 3.03. The maximum atomic E-state index is 12.0. The summed E-state index contributed by atoms with van der Waals surface area (Å²) in [5.41, 5.74) is 0. The summed E-state index contributed by atoms with van der Waals surface area (Å²) in [5.74, 6) is 0.782. The number of hydrogen-bond acceptors (Lipinski definition) is 3. The molecule has 18 heavy (non-hydrogen) atoms. The second-order valence-corrected chi connectivity index (χ2v) is 6.49. The molecule has 3 unspecified atom stereocenters. The van der Waals surface area contributed by atoms with E-state index in [2.05, 4.69) is 24.4 Å². The smallest absolute Gasteiger partial charge is 0.223 e. The van der Waals surface area contributed by atoms with E-state index < -0.39 is 0 Å². The molecule has 1 fully saturated rings. The van der Waals surface area contributed by atoms with Crippen LogP contribution < -0.4 is 5.32 Å². The zero-order chi connectivity index (χ0) is 13.1. The molecule has 0 aromatic carbocycles. The van der Waals surface area contributed by atoms with Crippen LogP contribution in [0.25, 0.3) is 0 Å². The van der Waals surface area contributed by atoms with Crippen molar-refractivity contribution in [2.75, 3.05) is 6.61 Å². The van der Waals surface area contributed by atoms with Crippen molar-refractivity contribution in [3.63, 3.8) is 0 Å². The van der Waals surface area contributed by atoms with Crippen LogP contribution in [0.15, 0.2) is 12.1 Å². The predicted octanol–water partition coefficient (Wildman–Crippen LogP) is 2.44. The van der Waals surface area contributed by atoms with E-state index in [1.165, 1.54) is 9.75 Å². The van der Waals surface area contributed by atoms with Crippen molar-refractivity contribution in [1.82, 2.24) is 5.32 Å². The fourth-order valence-electron chi connectivity index (χ4n) is 2.27. The van der Waals surface area contributed by atoms with E-state index in [9.17, 15) is 4.79 Å². The topological polar surface area (TPSA) is 49.3 Å². The highest BCUT2D eigenvalue weighted by Gasteiger charge is 2.44. The summed E-state index contributed by atoms with van der Waals surface area (Å²) in [6, 6.07) is 4.43. The summed E-state index contributed by atoms with van der Waals surface area (Å²) >= 11 is 1.80. The lowest BCUT2D eigenvalue weighted by molar-refractivity contribution is -0.123. The largest absolute Gasteiger partial charge is 0.396 e. The lowest BCUT2D eigenvalue weighted by Crippen LogP contribution is -2.34. The molecular formula is C14H21NO2S. The van der Waals surface area contributed by atoms with Crippen LogP contribution in [-0.2, 0) is 4.79 Å². The Bertz CT molecular complexity index is 416. The molecular weight excluding hydrogens is 246 g/mol. The van der Waals surface area contributed by atoms with Gasteiger partial charge in [-0.25, -0.2) is 0 Å². The van der Waals surface area contributed by atoms with Crippen molar-refractivity contribution < 1.29 is 9.90 Å². The molecule has 1 aromatic rings. The molecule has 3 nitrogen and oxygen atoms in total. The minimum atomic E-state index is 0.163. The summed E-state index contributed by atoms with van der Waals surface area (Å²) in [6.07, 6.45) is 2.58. The van der Waals surface area contributed by atoms with Crippen LogP contribution in [-0.4, -0.2) is 23.7 Å². The number of carbonyl (C=O) groups excluding carboxylic acids is 1. The normalized spacial score (nSPS) is 23.7. The van der Waals surface area contributed by atoms with E-state index in [4.69, 9.17) is 5.11 Å². The maximum absolute atomic E-state index is 12.0. The fourth-order valence-corrected chi connectivity index (χ4v) is 3.33. The Morgan fingerprint density at radius 3 is 3.00 bits per heavy atom. The van der Waals surface area contributed by atoms with Crippen molar-refractivity contribution in [1.29, 1.82) is 0 Å². The predicted molar refractivity (Wildman–Crippen MR) is 73.8 cm³/mol. The van der Waals surface area contributed by atoms with Gasteiger partial charge < -0.3 is 10.4 Å². The van der Waals surface area contributed by atoms with E-state index in [-0.39, 0.29) is 24.5 Å². The molecule has 1 aromatic heterocycles. The quantitative estimate of drug-likeness (QED) is 0.831. The minimum absolute atomic E-state index is 0.163. The number of hydrogen-bond donors (Lipinski definition) is 2. The highest BCUT2D eigenvalue weighted by Crippen LogP contribution is 2.49. The standard InChI is InChI=1S/C14H21NO2S/c1-9(4-3-7-16)15-14(17)12-8-11(12)13-6-5-10(2)18-13/h5-6,9,11-12,16H,3-4,7-8H2,1-2H3,(H,15,17). The van der Waals surface area contributed by atoms with Gasteiger partial charge in [0.05, 0.1) is 0 Å². The number of carbonyl (C=O) groups is 1. The Morgan fingerprint density at radius 2 is 2.39 bits per heavy atom. The second-order valence-electron chi connectivity index (χ2n) is 5.17. The molecule has 1 aliphatic rings. The first kappa shape index (κ1) is 13.6. The molecule has 3 atom stereocenters. The molecule has 0 saturated heterocycles. The Labute approximate surface area is 112 Å². The van der Waals surface area contributed by atoms with Gasteiger partial charge in [-0.2, -0.15) is 0 Å².